The van der Waals surface area contributed by atoms with E-state index in [1.165, 1.54) is 5.56 Å². The zero-order chi connectivity index (χ0) is 10.1. The molecule has 1 aliphatic rings. The maximum atomic E-state index is 4.51. The van der Waals surface area contributed by atoms with Crippen molar-refractivity contribution in [3.05, 3.63) is 42.0 Å². The molecule has 0 saturated carbocycles. The lowest BCUT2D eigenvalue weighted by atomic mass is 10.2. The van der Waals surface area contributed by atoms with Gasteiger partial charge in [0.15, 0.2) is 5.82 Å². The summed E-state index contributed by atoms with van der Waals surface area (Å²) in [4.78, 5) is 12.9. The highest BCUT2D eigenvalue weighted by atomic mass is 15.0. The van der Waals surface area contributed by atoms with Gasteiger partial charge in [0.05, 0.1) is 5.69 Å². The second-order valence-electron chi connectivity index (χ2n) is 3.51. The van der Waals surface area contributed by atoms with Gasteiger partial charge >= 0.3 is 0 Å². The first-order valence-corrected chi connectivity index (χ1v) is 4.89. The predicted octanol–water partition coefficient (Wildman–Crippen LogP) is 1.14. The molecule has 0 atom stereocenters. The van der Waals surface area contributed by atoms with Gasteiger partial charge in [-0.05, 0) is 12.1 Å². The van der Waals surface area contributed by atoms with Crippen LogP contribution in [0.25, 0.3) is 11.4 Å². The number of hydrogen-bond donors (Lipinski definition) is 1. The molecule has 3 heterocycles. The van der Waals surface area contributed by atoms with Crippen LogP contribution in [0.15, 0.2) is 30.7 Å². The molecule has 1 N–H and O–H groups in total. The molecule has 74 valence electrons. The molecular weight excluding hydrogens is 188 g/mol. The quantitative estimate of drug-likeness (QED) is 0.746. The highest BCUT2D eigenvalue weighted by Gasteiger charge is 2.13. The summed E-state index contributed by atoms with van der Waals surface area (Å²) in [6.45, 7) is 1.72. The van der Waals surface area contributed by atoms with E-state index >= 15 is 0 Å². The van der Waals surface area contributed by atoms with E-state index in [4.69, 9.17) is 0 Å². The molecule has 0 aromatic carbocycles. The summed E-state index contributed by atoms with van der Waals surface area (Å²) in [6, 6.07) is 3.86. The van der Waals surface area contributed by atoms with Crippen molar-refractivity contribution >= 4 is 0 Å². The van der Waals surface area contributed by atoms with Gasteiger partial charge < -0.3 is 5.32 Å². The molecule has 0 unspecified atom stereocenters. The molecule has 2 aromatic rings. The smallest absolute Gasteiger partial charge is 0.161 e. The van der Waals surface area contributed by atoms with Crippen molar-refractivity contribution in [1.82, 2.24) is 20.3 Å². The van der Waals surface area contributed by atoms with Crippen molar-refractivity contribution in [2.24, 2.45) is 0 Å². The van der Waals surface area contributed by atoms with E-state index in [1.54, 1.807) is 12.4 Å². The molecule has 4 heteroatoms. The minimum atomic E-state index is 0.755. The Kier molecular flexibility index (Phi) is 1.93. The van der Waals surface area contributed by atoms with Crippen LogP contribution in [-0.2, 0) is 13.1 Å². The number of fused-ring (bicyclic) bond motifs is 1. The minimum absolute atomic E-state index is 0.755. The van der Waals surface area contributed by atoms with Gasteiger partial charge in [-0.3, -0.25) is 4.98 Å². The van der Waals surface area contributed by atoms with Crippen LogP contribution in [0.1, 0.15) is 11.3 Å². The van der Waals surface area contributed by atoms with Crippen LogP contribution in [0.3, 0.4) is 0 Å². The van der Waals surface area contributed by atoms with E-state index in [1.807, 2.05) is 18.3 Å². The minimum Gasteiger partial charge on any atom is -0.307 e. The summed E-state index contributed by atoms with van der Waals surface area (Å²) in [5, 5.41) is 3.25. The molecule has 0 radical (unpaired) electrons. The summed E-state index contributed by atoms with van der Waals surface area (Å²) in [7, 11) is 0. The molecule has 0 amide bonds. The highest BCUT2D eigenvalue weighted by Crippen LogP contribution is 2.17. The monoisotopic (exact) mass is 198 g/mol. The summed E-state index contributed by atoms with van der Waals surface area (Å²) in [6.07, 6.45) is 5.42. The van der Waals surface area contributed by atoms with Crippen molar-refractivity contribution < 1.29 is 0 Å². The third-order valence-electron chi connectivity index (χ3n) is 2.48. The van der Waals surface area contributed by atoms with Crippen molar-refractivity contribution in [3.63, 3.8) is 0 Å². The van der Waals surface area contributed by atoms with E-state index in [0.29, 0.717) is 0 Å². The van der Waals surface area contributed by atoms with E-state index in [0.717, 1.165) is 30.2 Å². The van der Waals surface area contributed by atoms with E-state index in [9.17, 15) is 0 Å². The number of rotatable bonds is 1. The molecule has 0 fully saturated rings. The fourth-order valence-electron chi connectivity index (χ4n) is 1.69. The third kappa shape index (κ3) is 1.49. The lowest BCUT2D eigenvalue weighted by Gasteiger charge is -2.01. The van der Waals surface area contributed by atoms with Crippen LogP contribution in [0.4, 0.5) is 0 Å². The molecule has 3 rings (SSSR count). The summed E-state index contributed by atoms with van der Waals surface area (Å²) in [5.41, 5.74) is 3.26. The van der Waals surface area contributed by atoms with Crippen LogP contribution in [-0.4, -0.2) is 15.0 Å². The second kappa shape index (κ2) is 3.40. The van der Waals surface area contributed by atoms with Crippen LogP contribution < -0.4 is 5.32 Å². The number of nitrogens with one attached hydrogen (secondary N) is 1. The molecule has 0 spiro atoms. The first-order chi connectivity index (χ1) is 7.43. The van der Waals surface area contributed by atoms with Crippen molar-refractivity contribution in [3.8, 4) is 11.4 Å². The Morgan fingerprint density at radius 3 is 3.07 bits per heavy atom. The number of nitrogens with zero attached hydrogens (tertiary/aromatic N) is 3. The number of hydrogen-bond acceptors (Lipinski definition) is 4. The first kappa shape index (κ1) is 8.49. The highest BCUT2D eigenvalue weighted by molar-refractivity contribution is 5.53. The molecule has 0 bridgehead atoms. The third-order valence-corrected chi connectivity index (χ3v) is 2.48. The lowest BCUT2D eigenvalue weighted by molar-refractivity contribution is 0.758. The SMILES string of the molecule is c1cncc(-c2ncc3c(n2)CNC3)c1. The molecule has 4 nitrogen and oxygen atoms in total. The molecule has 2 aromatic heterocycles. The summed E-state index contributed by atoms with van der Waals surface area (Å²) >= 11 is 0. The Morgan fingerprint density at radius 2 is 2.20 bits per heavy atom. The Balaban J connectivity index is 2.07. The zero-order valence-electron chi connectivity index (χ0n) is 8.14. The van der Waals surface area contributed by atoms with Gasteiger partial charge in [0, 0.05) is 42.8 Å². The molecule has 0 aliphatic carbocycles. The standard InChI is InChI=1S/C11H10N4/c1-2-8(4-12-3-1)11-14-6-9-5-13-7-10(9)15-11/h1-4,6,13H,5,7H2. The summed E-state index contributed by atoms with van der Waals surface area (Å²) < 4.78 is 0. The van der Waals surface area contributed by atoms with E-state index < -0.39 is 0 Å². The van der Waals surface area contributed by atoms with Crippen LogP contribution in [0.5, 0.6) is 0 Å². The average molecular weight is 198 g/mol. The molecule has 1 aliphatic heterocycles. The largest absolute Gasteiger partial charge is 0.307 e. The summed E-state index contributed by atoms with van der Waals surface area (Å²) in [5.74, 6) is 0.755. The van der Waals surface area contributed by atoms with Crippen LogP contribution >= 0.6 is 0 Å². The molecular formula is C11H10N4. The number of aromatic nitrogens is 3. The average Bonchev–Trinajstić information content (AvgIpc) is 2.77. The van der Waals surface area contributed by atoms with Crippen LogP contribution in [0, 0.1) is 0 Å². The molecule has 15 heavy (non-hydrogen) atoms. The fraction of sp³-hybridized carbons (Fsp3) is 0.182. The second-order valence-corrected chi connectivity index (χ2v) is 3.51. The maximum absolute atomic E-state index is 4.51. The maximum Gasteiger partial charge on any atom is 0.161 e. The lowest BCUT2D eigenvalue weighted by Crippen LogP contribution is -2.00. The van der Waals surface area contributed by atoms with Crippen molar-refractivity contribution in [2.75, 3.05) is 0 Å². The van der Waals surface area contributed by atoms with Crippen molar-refractivity contribution in [2.45, 2.75) is 13.1 Å². The van der Waals surface area contributed by atoms with Gasteiger partial charge in [-0.1, -0.05) is 0 Å². The van der Waals surface area contributed by atoms with Gasteiger partial charge in [0.2, 0.25) is 0 Å². The number of pyridine rings is 1. The fourth-order valence-corrected chi connectivity index (χ4v) is 1.69. The van der Waals surface area contributed by atoms with Gasteiger partial charge in [-0.2, -0.15) is 0 Å². The van der Waals surface area contributed by atoms with E-state index in [-0.39, 0.29) is 0 Å². The predicted molar refractivity (Wildman–Crippen MR) is 55.8 cm³/mol. The molecule has 0 saturated heterocycles. The Morgan fingerprint density at radius 1 is 1.20 bits per heavy atom. The van der Waals surface area contributed by atoms with Gasteiger partial charge in [0.25, 0.3) is 0 Å². The van der Waals surface area contributed by atoms with E-state index in [2.05, 4.69) is 20.3 Å². The Labute approximate surface area is 87.4 Å². The van der Waals surface area contributed by atoms with Gasteiger partial charge in [-0.25, -0.2) is 9.97 Å². The first-order valence-electron chi connectivity index (χ1n) is 4.89. The van der Waals surface area contributed by atoms with Gasteiger partial charge in [0.1, 0.15) is 0 Å². The van der Waals surface area contributed by atoms with Crippen molar-refractivity contribution in [1.29, 1.82) is 0 Å². The van der Waals surface area contributed by atoms with Gasteiger partial charge in [-0.15, -0.1) is 0 Å². The Hall–Kier alpha value is -1.81. The Bertz CT molecular complexity index is 481. The normalized spacial score (nSPS) is 13.9. The topological polar surface area (TPSA) is 50.7 Å². The zero-order valence-corrected chi connectivity index (χ0v) is 8.14. The van der Waals surface area contributed by atoms with Crippen LogP contribution in [0.2, 0.25) is 0 Å².